The van der Waals surface area contributed by atoms with Crippen LogP contribution in [0.4, 0.5) is 0 Å². The first-order valence-corrected chi connectivity index (χ1v) is 7.89. The Hall–Kier alpha value is -1.66. The van der Waals surface area contributed by atoms with Gasteiger partial charge in [-0.1, -0.05) is 48.5 Å². The van der Waals surface area contributed by atoms with E-state index in [0.717, 1.165) is 16.7 Å². The number of carbonyl (C=O) groups excluding carboxylic acids is 1. The second-order valence-corrected chi connectivity index (χ2v) is 6.34. The third-order valence-electron chi connectivity index (χ3n) is 3.17. The molecule has 0 saturated carbocycles. The summed E-state index contributed by atoms with van der Waals surface area (Å²) in [5.41, 5.74) is 3.17. The zero-order valence-electron chi connectivity index (χ0n) is 11.1. The van der Waals surface area contributed by atoms with Gasteiger partial charge < -0.3 is 4.57 Å². The number of rotatable bonds is 4. The van der Waals surface area contributed by atoms with Crippen LogP contribution in [0.3, 0.4) is 0 Å². The highest BCUT2D eigenvalue weighted by molar-refractivity contribution is 7.63. The highest BCUT2D eigenvalue weighted by Crippen LogP contribution is 2.33. The van der Waals surface area contributed by atoms with E-state index >= 15 is 0 Å². The first-order chi connectivity index (χ1) is 9.09. The van der Waals surface area contributed by atoms with Crippen molar-refractivity contribution in [1.82, 2.24) is 0 Å². The van der Waals surface area contributed by atoms with Crippen molar-refractivity contribution in [3.8, 4) is 0 Å². The van der Waals surface area contributed by atoms with Crippen molar-refractivity contribution in [2.45, 2.75) is 20.0 Å². The van der Waals surface area contributed by atoms with E-state index in [4.69, 9.17) is 0 Å². The Morgan fingerprint density at radius 3 is 2.11 bits per heavy atom. The summed E-state index contributed by atoms with van der Waals surface area (Å²) in [6, 6.07) is 15.2. The predicted octanol–water partition coefficient (Wildman–Crippen LogP) is 4.20. The van der Waals surface area contributed by atoms with Crippen LogP contribution in [0, 0.1) is 13.8 Å². The van der Waals surface area contributed by atoms with E-state index in [1.807, 2.05) is 62.4 Å². The smallest absolute Gasteiger partial charge is 0.219 e. The average molecular weight is 272 g/mol. The maximum atomic E-state index is 12.3. The third-order valence-corrected chi connectivity index (χ3v) is 4.65. The van der Waals surface area contributed by atoms with Crippen molar-refractivity contribution in [3.05, 3.63) is 70.8 Å². The molecule has 2 aromatic carbocycles. The van der Waals surface area contributed by atoms with Gasteiger partial charge in [0.1, 0.15) is 7.80 Å². The lowest BCUT2D eigenvalue weighted by molar-refractivity contribution is 0.107. The molecule has 0 spiro atoms. The van der Waals surface area contributed by atoms with Crippen LogP contribution in [-0.4, -0.2) is 5.52 Å². The normalized spacial score (nSPS) is 12.1. The minimum atomic E-state index is -2.31. The van der Waals surface area contributed by atoms with Gasteiger partial charge in [0.2, 0.25) is 5.52 Å². The standard InChI is InChI=1S/C16H17O2P/c1-12-7-6-8-13(2)15(12)16(17)19(18)11-14-9-4-3-5-10-14/h3-10,19H,11H2,1-2H3. The Kier molecular flexibility index (Phi) is 4.34. The molecule has 0 aromatic heterocycles. The van der Waals surface area contributed by atoms with Crippen molar-refractivity contribution in [3.63, 3.8) is 0 Å². The van der Waals surface area contributed by atoms with Gasteiger partial charge in [0.15, 0.2) is 0 Å². The van der Waals surface area contributed by atoms with E-state index in [0.29, 0.717) is 11.7 Å². The molecule has 2 aromatic rings. The van der Waals surface area contributed by atoms with Gasteiger partial charge in [-0.05, 0) is 30.5 Å². The zero-order valence-corrected chi connectivity index (χ0v) is 12.1. The molecule has 0 N–H and O–H groups in total. The SMILES string of the molecule is Cc1cccc(C)c1C(=O)[PH](=O)Cc1ccccc1. The number of aryl methyl sites for hydroxylation is 2. The largest absolute Gasteiger partial charge is 0.318 e. The summed E-state index contributed by atoms with van der Waals surface area (Å²) >= 11 is 0. The maximum Gasteiger partial charge on any atom is 0.219 e. The molecule has 2 rings (SSSR count). The van der Waals surface area contributed by atoms with E-state index < -0.39 is 7.80 Å². The molecule has 19 heavy (non-hydrogen) atoms. The van der Waals surface area contributed by atoms with Gasteiger partial charge >= 0.3 is 0 Å². The molecule has 0 saturated heterocycles. The zero-order chi connectivity index (χ0) is 13.8. The molecule has 0 aliphatic heterocycles. The quantitative estimate of drug-likeness (QED) is 0.781. The van der Waals surface area contributed by atoms with E-state index in [9.17, 15) is 9.36 Å². The van der Waals surface area contributed by atoms with Crippen molar-refractivity contribution in [2.75, 3.05) is 0 Å². The Labute approximate surface area is 114 Å². The summed E-state index contributed by atoms with van der Waals surface area (Å²) in [5, 5.41) is 0. The van der Waals surface area contributed by atoms with Gasteiger partial charge in [-0.25, -0.2) is 0 Å². The fourth-order valence-electron chi connectivity index (χ4n) is 2.17. The summed E-state index contributed by atoms with van der Waals surface area (Å²) < 4.78 is 12.3. The van der Waals surface area contributed by atoms with Gasteiger partial charge in [0.25, 0.3) is 0 Å². The molecule has 0 amide bonds. The number of hydrogen-bond acceptors (Lipinski definition) is 2. The van der Waals surface area contributed by atoms with Crippen LogP contribution in [0.1, 0.15) is 27.0 Å². The lowest BCUT2D eigenvalue weighted by Crippen LogP contribution is -2.01. The van der Waals surface area contributed by atoms with Gasteiger partial charge in [0, 0.05) is 11.7 Å². The van der Waals surface area contributed by atoms with Crippen molar-refractivity contribution in [1.29, 1.82) is 0 Å². The highest BCUT2D eigenvalue weighted by Gasteiger charge is 2.18. The maximum absolute atomic E-state index is 12.3. The van der Waals surface area contributed by atoms with E-state index in [1.54, 1.807) is 0 Å². The van der Waals surface area contributed by atoms with Crippen molar-refractivity contribution < 1.29 is 9.36 Å². The summed E-state index contributed by atoms with van der Waals surface area (Å²) in [6.45, 7) is 3.77. The molecule has 0 radical (unpaired) electrons. The monoisotopic (exact) mass is 272 g/mol. The second kappa shape index (κ2) is 5.99. The van der Waals surface area contributed by atoms with Crippen LogP contribution in [0.15, 0.2) is 48.5 Å². The molecule has 0 aliphatic rings. The number of benzene rings is 2. The molecular formula is C16H17O2P. The Morgan fingerprint density at radius 1 is 0.947 bits per heavy atom. The number of carbonyl (C=O) groups is 1. The second-order valence-electron chi connectivity index (χ2n) is 4.68. The van der Waals surface area contributed by atoms with Gasteiger partial charge in [-0.3, -0.25) is 4.79 Å². The Bertz CT molecular complexity index is 598. The fourth-order valence-corrected chi connectivity index (χ4v) is 3.61. The van der Waals surface area contributed by atoms with E-state index in [1.165, 1.54) is 0 Å². The molecule has 3 heteroatoms. The molecule has 1 atom stereocenters. The fraction of sp³-hybridized carbons (Fsp3) is 0.188. The van der Waals surface area contributed by atoms with Crippen LogP contribution in [0.25, 0.3) is 0 Å². The van der Waals surface area contributed by atoms with Gasteiger partial charge in [-0.15, -0.1) is 0 Å². The number of hydrogen-bond donors (Lipinski definition) is 0. The Morgan fingerprint density at radius 2 is 1.53 bits per heavy atom. The van der Waals surface area contributed by atoms with Crippen LogP contribution >= 0.6 is 7.80 Å². The summed E-state index contributed by atoms with van der Waals surface area (Å²) in [6.07, 6.45) is 0.345. The predicted molar refractivity (Wildman–Crippen MR) is 79.4 cm³/mol. The van der Waals surface area contributed by atoms with Crippen LogP contribution in [0.5, 0.6) is 0 Å². The van der Waals surface area contributed by atoms with Gasteiger partial charge in [-0.2, -0.15) is 0 Å². The third kappa shape index (κ3) is 3.21. The van der Waals surface area contributed by atoms with E-state index in [2.05, 4.69) is 0 Å². The molecule has 0 bridgehead atoms. The van der Waals surface area contributed by atoms with Crippen LogP contribution in [-0.2, 0) is 10.7 Å². The summed E-state index contributed by atoms with van der Waals surface area (Å²) in [4.78, 5) is 12.3. The van der Waals surface area contributed by atoms with Gasteiger partial charge in [0.05, 0.1) is 0 Å². The first kappa shape index (κ1) is 13.8. The summed E-state index contributed by atoms with van der Waals surface area (Å²) in [5.74, 6) is 0. The van der Waals surface area contributed by atoms with E-state index in [-0.39, 0.29) is 5.52 Å². The topological polar surface area (TPSA) is 34.1 Å². The first-order valence-electron chi connectivity index (χ1n) is 6.27. The highest BCUT2D eigenvalue weighted by atomic mass is 31.1. The molecule has 0 fully saturated rings. The lowest BCUT2D eigenvalue weighted by Gasteiger charge is -2.08. The molecule has 0 aliphatic carbocycles. The molecular weight excluding hydrogens is 255 g/mol. The Balaban J connectivity index is 2.23. The minimum absolute atomic E-state index is 0.204. The molecule has 2 nitrogen and oxygen atoms in total. The van der Waals surface area contributed by atoms with Crippen LogP contribution < -0.4 is 0 Å². The average Bonchev–Trinajstić information content (AvgIpc) is 2.39. The summed E-state index contributed by atoms with van der Waals surface area (Å²) in [7, 11) is -2.31. The van der Waals surface area contributed by atoms with Crippen molar-refractivity contribution in [2.24, 2.45) is 0 Å². The molecule has 98 valence electrons. The molecule has 1 unspecified atom stereocenters. The van der Waals surface area contributed by atoms with Crippen LogP contribution in [0.2, 0.25) is 0 Å². The minimum Gasteiger partial charge on any atom is -0.318 e. The van der Waals surface area contributed by atoms with Crippen molar-refractivity contribution >= 4 is 13.3 Å². The lowest BCUT2D eigenvalue weighted by atomic mass is 10.0. The molecule has 0 heterocycles.